The maximum atomic E-state index is 2.69. The Morgan fingerprint density at radius 3 is 2.24 bits per heavy atom. The van der Waals surface area contributed by atoms with E-state index in [1.165, 1.54) is 106 Å². The highest BCUT2D eigenvalue weighted by molar-refractivity contribution is 6.05. The van der Waals surface area contributed by atoms with E-state index in [0.29, 0.717) is 0 Å². The summed E-state index contributed by atoms with van der Waals surface area (Å²) in [5, 5.41) is 5.32. The van der Waals surface area contributed by atoms with Crippen LogP contribution in [0.15, 0.2) is 127 Å². The summed E-state index contributed by atoms with van der Waals surface area (Å²) in [6.07, 6.45) is 17.8. The summed E-state index contributed by atoms with van der Waals surface area (Å²) in [6, 6.07) is 38.4. The fraction of sp³-hybridized carbons (Fsp3) is 0.340. The second-order valence-electron chi connectivity index (χ2n) is 15.7. The summed E-state index contributed by atoms with van der Waals surface area (Å²) in [7, 11) is 2.24. The van der Waals surface area contributed by atoms with Gasteiger partial charge in [-0.2, -0.15) is 4.58 Å². The molecule has 1 unspecified atom stereocenters. The van der Waals surface area contributed by atoms with Crippen LogP contribution in [0.2, 0.25) is 0 Å². The summed E-state index contributed by atoms with van der Waals surface area (Å²) in [5.41, 5.74) is 9.46. The molecule has 8 rings (SSSR count). The second kappa shape index (κ2) is 12.8. The van der Waals surface area contributed by atoms with Crippen LogP contribution >= 0.6 is 0 Å². The Kier molecular flexibility index (Phi) is 8.30. The highest BCUT2D eigenvalue weighted by atomic mass is 15.2. The predicted octanol–water partition coefficient (Wildman–Crippen LogP) is 11.8. The van der Waals surface area contributed by atoms with Gasteiger partial charge in [-0.15, -0.1) is 0 Å². The molecular formula is C47H51N2+. The first-order valence-electron chi connectivity index (χ1n) is 18.7. The molecule has 1 saturated carbocycles. The molecule has 0 spiro atoms. The van der Waals surface area contributed by atoms with Crippen LogP contribution in [0, 0.1) is 5.92 Å². The van der Waals surface area contributed by atoms with E-state index < -0.39 is 0 Å². The first-order valence-corrected chi connectivity index (χ1v) is 18.7. The molecule has 5 aromatic rings. The number of benzene rings is 5. The van der Waals surface area contributed by atoms with Gasteiger partial charge < -0.3 is 4.90 Å². The number of rotatable bonds is 9. The highest BCUT2D eigenvalue weighted by Crippen LogP contribution is 2.53. The van der Waals surface area contributed by atoms with Gasteiger partial charge in [-0.05, 0) is 90.4 Å². The fourth-order valence-electron chi connectivity index (χ4n) is 9.56. The number of unbranched alkanes of at least 4 members (excludes halogenated alkanes) is 1. The predicted molar refractivity (Wildman–Crippen MR) is 210 cm³/mol. The zero-order chi connectivity index (χ0) is 33.6. The molecule has 3 aliphatic rings. The lowest BCUT2D eigenvalue weighted by Gasteiger charge is -2.31. The van der Waals surface area contributed by atoms with E-state index >= 15 is 0 Å². The van der Waals surface area contributed by atoms with Gasteiger partial charge in [-0.3, -0.25) is 0 Å². The molecule has 0 aromatic heterocycles. The minimum atomic E-state index is -0.171. The molecule has 0 amide bonds. The molecule has 2 nitrogen and oxygen atoms in total. The first-order chi connectivity index (χ1) is 23.8. The minimum absolute atomic E-state index is 0.0920. The molecule has 0 radical (unpaired) electrons. The molecule has 0 N–H and O–H groups in total. The molecule has 2 heteroatoms. The summed E-state index contributed by atoms with van der Waals surface area (Å²) in [5.74, 6) is 0.946. The van der Waals surface area contributed by atoms with Gasteiger partial charge in [0.2, 0.25) is 5.69 Å². The van der Waals surface area contributed by atoms with Crippen molar-refractivity contribution in [1.82, 2.24) is 0 Å². The molecule has 0 bridgehead atoms. The number of fused-ring (bicyclic) bond motifs is 5. The largest absolute Gasteiger partial charge is 0.344 e. The van der Waals surface area contributed by atoms with Gasteiger partial charge in [-0.1, -0.05) is 130 Å². The van der Waals surface area contributed by atoms with E-state index in [1.807, 2.05) is 0 Å². The standard InChI is InChI=1S/C47H51N2/c1-46(2)40-31-37-23-10-11-24-38(37)32-42(40)48(4)43(46)26-16-27-44-47(3,33-35-20-6-5-7-21-35)45-39-25-13-12-22-36(39)28-29-41(45)49(44)30-15-14-19-34-17-8-9-18-34/h5-7,10-13,16,20-29,31-32,34H,8-9,14-15,17-19,30,33H2,1-4H3/q+1. The summed E-state index contributed by atoms with van der Waals surface area (Å²) >= 11 is 0. The Labute approximate surface area is 293 Å². The normalized spacial score (nSPS) is 21.1. The average Bonchev–Trinajstić information content (AvgIpc) is 3.77. The lowest BCUT2D eigenvalue weighted by Crippen LogP contribution is -2.31. The Morgan fingerprint density at radius 2 is 1.47 bits per heavy atom. The monoisotopic (exact) mass is 643 g/mol. The van der Waals surface area contributed by atoms with Crippen LogP contribution in [0.25, 0.3) is 21.5 Å². The van der Waals surface area contributed by atoms with Crippen molar-refractivity contribution in [2.45, 2.75) is 83.0 Å². The van der Waals surface area contributed by atoms with Gasteiger partial charge in [0.25, 0.3) is 0 Å². The molecule has 248 valence electrons. The smallest absolute Gasteiger partial charge is 0.210 e. The number of anilines is 1. The van der Waals surface area contributed by atoms with Gasteiger partial charge >= 0.3 is 0 Å². The lowest BCUT2D eigenvalue weighted by molar-refractivity contribution is -0.401. The Balaban J connectivity index is 1.21. The van der Waals surface area contributed by atoms with Gasteiger partial charge in [-0.25, -0.2) is 0 Å². The molecule has 2 heterocycles. The summed E-state index contributed by atoms with van der Waals surface area (Å²) in [4.78, 5) is 2.69. The highest BCUT2D eigenvalue weighted by Gasteiger charge is 2.45. The third-order valence-corrected chi connectivity index (χ3v) is 12.1. The van der Waals surface area contributed by atoms with Crippen LogP contribution < -0.4 is 4.90 Å². The number of hydrogen-bond acceptors (Lipinski definition) is 1. The van der Waals surface area contributed by atoms with Crippen molar-refractivity contribution in [3.8, 4) is 0 Å². The van der Waals surface area contributed by atoms with Gasteiger partial charge in [0, 0.05) is 41.1 Å². The number of allylic oxidation sites excluding steroid dienone is 4. The molecule has 2 aliphatic heterocycles. The fourth-order valence-corrected chi connectivity index (χ4v) is 9.56. The SMILES string of the molecule is C[N+]1=C(/C=C/C=C2/N(CCCCC3CCCC3)c3ccc4ccccc4c3C2(C)Cc2ccccc2)C(C)(C)c2cc3ccccc3cc21. The zero-order valence-corrected chi connectivity index (χ0v) is 29.9. The van der Waals surface area contributed by atoms with Crippen molar-refractivity contribution in [2.24, 2.45) is 5.92 Å². The van der Waals surface area contributed by atoms with E-state index in [-0.39, 0.29) is 10.8 Å². The Bertz CT molecular complexity index is 2110. The van der Waals surface area contributed by atoms with E-state index in [0.717, 1.165) is 18.9 Å². The van der Waals surface area contributed by atoms with Gasteiger partial charge in [0.1, 0.15) is 7.05 Å². The van der Waals surface area contributed by atoms with Gasteiger partial charge in [0.05, 0.1) is 5.41 Å². The van der Waals surface area contributed by atoms with Crippen LogP contribution in [0.3, 0.4) is 0 Å². The van der Waals surface area contributed by atoms with E-state index in [1.54, 1.807) is 0 Å². The van der Waals surface area contributed by atoms with Crippen molar-refractivity contribution in [3.05, 3.63) is 144 Å². The van der Waals surface area contributed by atoms with Crippen molar-refractivity contribution < 1.29 is 4.58 Å². The molecule has 49 heavy (non-hydrogen) atoms. The van der Waals surface area contributed by atoms with Crippen molar-refractivity contribution in [1.29, 1.82) is 0 Å². The number of nitrogens with zero attached hydrogens (tertiary/aromatic N) is 2. The van der Waals surface area contributed by atoms with Crippen LogP contribution in [-0.2, 0) is 17.3 Å². The van der Waals surface area contributed by atoms with E-state index in [2.05, 4.69) is 159 Å². The van der Waals surface area contributed by atoms with Crippen LogP contribution in [0.5, 0.6) is 0 Å². The average molecular weight is 644 g/mol. The number of hydrogen-bond donors (Lipinski definition) is 0. The molecule has 0 saturated heterocycles. The van der Waals surface area contributed by atoms with Crippen LogP contribution in [0.4, 0.5) is 11.4 Å². The molecule has 5 aromatic carbocycles. The summed E-state index contributed by atoms with van der Waals surface area (Å²) < 4.78 is 2.41. The van der Waals surface area contributed by atoms with Crippen molar-refractivity contribution in [3.63, 3.8) is 0 Å². The minimum Gasteiger partial charge on any atom is -0.344 e. The Hall–Kier alpha value is -4.43. The maximum absolute atomic E-state index is 2.69. The molecule has 1 atom stereocenters. The van der Waals surface area contributed by atoms with E-state index in [4.69, 9.17) is 0 Å². The molecule has 1 aliphatic carbocycles. The quantitative estimate of drug-likeness (QED) is 0.114. The Morgan fingerprint density at radius 1 is 0.776 bits per heavy atom. The summed E-state index contributed by atoms with van der Waals surface area (Å²) in [6.45, 7) is 8.32. The van der Waals surface area contributed by atoms with Gasteiger partial charge in [0.15, 0.2) is 5.71 Å². The molecular weight excluding hydrogens is 593 g/mol. The van der Waals surface area contributed by atoms with Crippen molar-refractivity contribution in [2.75, 3.05) is 18.5 Å². The zero-order valence-electron chi connectivity index (χ0n) is 29.9. The third kappa shape index (κ3) is 5.64. The first kappa shape index (κ1) is 31.8. The lowest BCUT2D eigenvalue weighted by atomic mass is 9.74. The topological polar surface area (TPSA) is 6.25 Å². The third-order valence-electron chi connectivity index (χ3n) is 12.1. The van der Waals surface area contributed by atoms with Crippen LogP contribution in [0.1, 0.15) is 82.4 Å². The molecule has 1 fully saturated rings. The second-order valence-corrected chi connectivity index (χ2v) is 15.7. The van der Waals surface area contributed by atoms with E-state index in [9.17, 15) is 0 Å². The van der Waals surface area contributed by atoms with Crippen molar-refractivity contribution >= 4 is 38.6 Å². The van der Waals surface area contributed by atoms with Crippen LogP contribution in [-0.4, -0.2) is 23.9 Å². The maximum Gasteiger partial charge on any atom is 0.210 e.